The van der Waals surface area contributed by atoms with Gasteiger partial charge in [-0.15, -0.1) is 0 Å². The van der Waals surface area contributed by atoms with E-state index in [0.29, 0.717) is 34.5 Å². The van der Waals surface area contributed by atoms with Crippen molar-refractivity contribution < 1.29 is 23.8 Å². The number of Topliss-reactive ketones (excluding diaryl/α,β-unsaturated/α-hetero) is 1. The minimum atomic E-state index is -0.612. The zero-order valence-corrected chi connectivity index (χ0v) is 17.3. The molecular formula is C24H23FN2O4. The predicted octanol–water partition coefficient (Wildman–Crippen LogP) is 4.15. The van der Waals surface area contributed by atoms with Crippen LogP contribution in [0.2, 0.25) is 0 Å². The maximum atomic E-state index is 13.3. The van der Waals surface area contributed by atoms with Crippen LogP contribution in [0.4, 0.5) is 10.1 Å². The SMILES string of the molecule is COc1cc([C@@H]2C(C(=O)Nc3ccc(F)cc3)=C(C)NC3=C2C(=O)CCC3)ccc1O. The second-order valence-electron chi connectivity index (χ2n) is 7.66. The lowest BCUT2D eigenvalue weighted by molar-refractivity contribution is -0.116. The van der Waals surface area contributed by atoms with Gasteiger partial charge in [-0.05, 0) is 61.7 Å². The van der Waals surface area contributed by atoms with Crippen molar-refractivity contribution >= 4 is 17.4 Å². The Kier molecular flexibility index (Phi) is 5.50. The van der Waals surface area contributed by atoms with Crippen molar-refractivity contribution in [3.8, 4) is 11.5 Å². The number of carbonyl (C=O) groups is 2. The summed E-state index contributed by atoms with van der Waals surface area (Å²) >= 11 is 0. The van der Waals surface area contributed by atoms with Crippen molar-refractivity contribution in [2.75, 3.05) is 12.4 Å². The molecule has 7 heteroatoms. The van der Waals surface area contributed by atoms with E-state index in [1.54, 1.807) is 19.1 Å². The molecule has 1 aliphatic carbocycles. The van der Waals surface area contributed by atoms with Crippen LogP contribution >= 0.6 is 0 Å². The molecule has 0 radical (unpaired) electrons. The van der Waals surface area contributed by atoms with Crippen LogP contribution in [0.1, 0.15) is 37.7 Å². The van der Waals surface area contributed by atoms with Crippen LogP contribution in [0, 0.1) is 5.82 Å². The quantitative estimate of drug-likeness (QED) is 0.689. The first-order valence-corrected chi connectivity index (χ1v) is 10.1. The number of phenols is 1. The van der Waals surface area contributed by atoms with Crippen LogP contribution < -0.4 is 15.4 Å². The highest BCUT2D eigenvalue weighted by Crippen LogP contribution is 2.44. The first-order valence-electron chi connectivity index (χ1n) is 10.1. The molecule has 6 nitrogen and oxygen atoms in total. The number of ketones is 1. The number of phenolic OH excluding ortho intramolecular Hbond substituents is 1. The van der Waals surface area contributed by atoms with E-state index in [2.05, 4.69) is 10.6 Å². The van der Waals surface area contributed by atoms with Crippen LogP contribution in [0.3, 0.4) is 0 Å². The van der Waals surface area contributed by atoms with Crippen LogP contribution in [0.15, 0.2) is 65.0 Å². The van der Waals surface area contributed by atoms with Crippen LogP contribution in [0.5, 0.6) is 11.5 Å². The predicted molar refractivity (Wildman–Crippen MR) is 114 cm³/mol. The molecule has 0 bridgehead atoms. The number of nitrogens with one attached hydrogen (secondary N) is 2. The third-order valence-electron chi connectivity index (χ3n) is 5.66. The van der Waals surface area contributed by atoms with Gasteiger partial charge in [0.15, 0.2) is 17.3 Å². The van der Waals surface area contributed by atoms with Crippen LogP contribution in [-0.4, -0.2) is 23.9 Å². The first kappa shape index (κ1) is 20.7. The highest BCUT2D eigenvalue weighted by Gasteiger charge is 2.38. The number of aromatic hydroxyl groups is 1. The van der Waals surface area contributed by atoms with Gasteiger partial charge in [0.05, 0.1) is 7.11 Å². The van der Waals surface area contributed by atoms with Crippen molar-refractivity contribution in [2.24, 2.45) is 0 Å². The third-order valence-corrected chi connectivity index (χ3v) is 5.66. The number of methoxy groups -OCH3 is 1. The van der Waals surface area contributed by atoms with E-state index in [9.17, 15) is 19.1 Å². The van der Waals surface area contributed by atoms with Crippen LogP contribution in [-0.2, 0) is 9.59 Å². The number of hydrogen-bond donors (Lipinski definition) is 3. The Balaban J connectivity index is 1.80. The Labute approximate surface area is 179 Å². The van der Waals surface area contributed by atoms with E-state index in [1.165, 1.54) is 37.4 Å². The molecule has 160 valence electrons. The van der Waals surface area contributed by atoms with E-state index < -0.39 is 17.6 Å². The number of benzene rings is 2. The number of allylic oxidation sites excluding steroid dienone is 3. The van der Waals surface area contributed by atoms with Gasteiger partial charge in [-0.1, -0.05) is 6.07 Å². The van der Waals surface area contributed by atoms with Gasteiger partial charge in [-0.25, -0.2) is 4.39 Å². The number of rotatable bonds is 4. The largest absolute Gasteiger partial charge is 0.504 e. The molecule has 1 atom stereocenters. The summed E-state index contributed by atoms with van der Waals surface area (Å²) in [6, 6.07) is 10.3. The average molecular weight is 422 g/mol. The molecule has 2 aromatic rings. The number of halogens is 1. The minimum absolute atomic E-state index is 0.00891. The van der Waals surface area contributed by atoms with Crippen molar-refractivity contribution in [1.29, 1.82) is 0 Å². The van der Waals surface area contributed by atoms with Crippen LogP contribution in [0.25, 0.3) is 0 Å². The fraction of sp³-hybridized carbons (Fsp3) is 0.250. The number of amides is 1. The fourth-order valence-electron chi connectivity index (χ4n) is 4.22. The fourth-order valence-corrected chi connectivity index (χ4v) is 4.22. The summed E-state index contributed by atoms with van der Waals surface area (Å²) in [5, 5.41) is 16.1. The molecule has 1 heterocycles. The molecular weight excluding hydrogens is 399 g/mol. The standard InChI is InChI=1S/C24H23FN2O4/c1-13-21(24(30)27-16-9-7-15(25)8-10-16)22(14-6-11-18(28)20(12-14)31-2)23-17(26-13)4-3-5-19(23)29/h6-12,22,26,28H,3-5H2,1-2H3,(H,27,30)/t22-/m1/s1. The van der Waals surface area contributed by atoms with Gasteiger partial charge in [-0.3, -0.25) is 9.59 Å². The van der Waals surface area contributed by atoms with Gasteiger partial charge in [0.25, 0.3) is 5.91 Å². The lowest BCUT2D eigenvalue weighted by atomic mass is 9.75. The molecule has 1 aliphatic heterocycles. The van der Waals surface area contributed by atoms with E-state index in [-0.39, 0.29) is 17.3 Å². The maximum Gasteiger partial charge on any atom is 0.254 e. The van der Waals surface area contributed by atoms with Crippen molar-refractivity contribution in [3.63, 3.8) is 0 Å². The molecule has 1 amide bonds. The van der Waals surface area contributed by atoms with Gasteiger partial charge < -0.3 is 20.5 Å². The van der Waals surface area contributed by atoms with E-state index in [0.717, 1.165) is 18.5 Å². The summed E-state index contributed by atoms with van der Waals surface area (Å²) in [6.45, 7) is 1.80. The zero-order chi connectivity index (χ0) is 22.1. The first-order chi connectivity index (χ1) is 14.9. The number of hydrogen-bond acceptors (Lipinski definition) is 5. The summed E-state index contributed by atoms with van der Waals surface area (Å²) in [5.41, 5.74) is 3.54. The Morgan fingerprint density at radius 2 is 1.94 bits per heavy atom. The lowest BCUT2D eigenvalue weighted by Gasteiger charge is -2.34. The summed E-state index contributed by atoms with van der Waals surface area (Å²) in [7, 11) is 1.45. The van der Waals surface area contributed by atoms with E-state index >= 15 is 0 Å². The number of dihydropyridines is 1. The molecule has 3 N–H and O–H groups in total. The minimum Gasteiger partial charge on any atom is -0.504 e. The van der Waals surface area contributed by atoms with Crippen molar-refractivity contribution in [1.82, 2.24) is 5.32 Å². The Hall–Kier alpha value is -3.61. The monoisotopic (exact) mass is 422 g/mol. The van der Waals surface area contributed by atoms with Gasteiger partial charge >= 0.3 is 0 Å². The normalized spacial score (nSPS) is 18.4. The zero-order valence-electron chi connectivity index (χ0n) is 17.3. The molecule has 0 spiro atoms. The third kappa shape index (κ3) is 3.91. The molecule has 0 unspecified atom stereocenters. The van der Waals surface area contributed by atoms with Crippen molar-refractivity contribution in [2.45, 2.75) is 32.1 Å². The molecule has 31 heavy (non-hydrogen) atoms. The van der Waals surface area contributed by atoms with Gasteiger partial charge in [0.2, 0.25) is 0 Å². The second kappa shape index (κ2) is 8.26. The number of anilines is 1. The topological polar surface area (TPSA) is 87.7 Å². The van der Waals surface area contributed by atoms with Gasteiger partial charge in [0.1, 0.15) is 5.82 Å². The van der Waals surface area contributed by atoms with Gasteiger partial charge in [-0.2, -0.15) is 0 Å². The second-order valence-corrected chi connectivity index (χ2v) is 7.66. The Bertz CT molecular complexity index is 1120. The number of ether oxygens (including phenoxy) is 1. The Morgan fingerprint density at radius 3 is 2.65 bits per heavy atom. The molecule has 0 fully saturated rings. The highest BCUT2D eigenvalue weighted by molar-refractivity contribution is 6.09. The molecule has 0 saturated heterocycles. The summed E-state index contributed by atoms with van der Waals surface area (Å²) < 4.78 is 18.5. The summed E-state index contributed by atoms with van der Waals surface area (Å²) in [4.78, 5) is 26.3. The van der Waals surface area contributed by atoms with E-state index in [1.807, 2.05) is 0 Å². The molecule has 4 rings (SSSR count). The molecule has 2 aliphatic rings. The van der Waals surface area contributed by atoms with Gasteiger partial charge in [0, 0.05) is 40.6 Å². The summed E-state index contributed by atoms with van der Waals surface area (Å²) in [5.74, 6) is -1.17. The summed E-state index contributed by atoms with van der Waals surface area (Å²) in [6.07, 6.45) is 1.88. The van der Waals surface area contributed by atoms with Crippen molar-refractivity contribution in [3.05, 3.63) is 76.4 Å². The molecule has 0 saturated carbocycles. The Morgan fingerprint density at radius 1 is 1.19 bits per heavy atom. The highest BCUT2D eigenvalue weighted by atomic mass is 19.1. The lowest BCUT2D eigenvalue weighted by Crippen LogP contribution is -2.35. The maximum absolute atomic E-state index is 13.3. The smallest absolute Gasteiger partial charge is 0.254 e. The average Bonchev–Trinajstić information content (AvgIpc) is 2.75. The molecule has 0 aromatic heterocycles. The number of carbonyl (C=O) groups excluding carboxylic acids is 2. The molecule has 2 aromatic carbocycles. The van der Waals surface area contributed by atoms with E-state index in [4.69, 9.17) is 4.74 Å².